The molecule has 0 saturated heterocycles. The van der Waals surface area contributed by atoms with Crippen molar-refractivity contribution in [3.8, 4) is 5.75 Å². The van der Waals surface area contributed by atoms with Gasteiger partial charge in [0, 0.05) is 12.1 Å². The van der Waals surface area contributed by atoms with Gasteiger partial charge in [-0.15, -0.1) is 0 Å². The van der Waals surface area contributed by atoms with Gasteiger partial charge < -0.3 is 14.8 Å². The van der Waals surface area contributed by atoms with Crippen LogP contribution in [0.3, 0.4) is 0 Å². The molecule has 0 spiro atoms. The molecule has 0 atom stereocenters. The number of aryl methyl sites for hydroxylation is 1. The topological polar surface area (TPSA) is 93.7 Å². The third kappa shape index (κ3) is 7.58. The van der Waals surface area contributed by atoms with Crippen molar-refractivity contribution in [1.82, 2.24) is 0 Å². The summed E-state index contributed by atoms with van der Waals surface area (Å²) < 4.78 is 10.7. The number of esters is 1. The second-order valence-corrected chi connectivity index (χ2v) is 9.38. The molecule has 0 heterocycles. The number of hydrogen-bond donors (Lipinski definition) is 2. The monoisotopic (exact) mass is 544 g/mol. The summed E-state index contributed by atoms with van der Waals surface area (Å²) in [5.41, 5.74) is 3.22. The molecule has 0 fully saturated rings. The van der Waals surface area contributed by atoms with Crippen LogP contribution >= 0.6 is 0 Å². The van der Waals surface area contributed by atoms with Gasteiger partial charge in [-0.25, -0.2) is 9.59 Å². The largest absolute Gasteiger partial charge is 0.457 e. The Labute approximate surface area is 237 Å². The van der Waals surface area contributed by atoms with Crippen LogP contribution in [0, 0.1) is 0 Å². The summed E-state index contributed by atoms with van der Waals surface area (Å²) in [6.07, 6.45) is 0.194. The standard InChI is InChI=1S/C34H28N2O5/c37-32(36-31-14-8-7-13-30(31)33(38)40-23-25-9-3-1-4-10-25)20-16-24-15-17-27-22-28(19-18-26(27)21-24)35-34(39)41-29-11-5-2-6-12-29/h1-15,17-19,21-22H,16,20,23H2,(H,35,39)(H,36,37). The van der Waals surface area contributed by atoms with Crippen molar-refractivity contribution in [3.63, 3.8) is 0 Å². The summed E-state index contributed by atoms with van der Waals surface area (Å²) in [7, 11) is 0. The van der Waals surface area contributed by atoms with E-state index in [0.717, 1.165) is 21.9 Å². The summed E-state index contributed by atoms with van der Waals surface area (Å²) in [4.78, 5) is 37.7. The molecule has 7 heteroatoms. The zero-order chi connectivity index (χ0) is 28.4. The molecular formula is C34H28N2O5. The minimum atomic E-state index is -0.566. The maximum Gasteiger partial charge on any atom is 0.417 e. The van der Waals surface area contributed by atoms with Gasteiger partial charge in [0.2, 0.25) is 5.91 Å². The molecule has 0 saturated carbocycles. The smallest absolute Gasteiger partial charge is 0.417 e. The molecule has 0 aliphatic carbocycles. The Morgan fingerprint density at radius 1 is 0.634 bits per heavy atom. The molecule has 2 N–H and O–H groups in total. The number of fused-ring (bicyclic) bond motifs is 1. The predicted octanol–water partition coefficient (Wildman–Crippen LogP) is 7.38. The van der Waals surface area contributed by atoms with Crippen molar-refractivity contribution < 1.29 is 23.9 Å². The van der Waals surface area contributed by atoms with Crippen molar-refractivity contribution in [2.24, 2.45) is 0 Å². The highest BCUT2D eigenvalue weighted by molar-refractivity contribution is 6.01. The molecule has 5 rings (SSSR count). The van der Waals surface area contributed by atoms with Crippen LogP contribution in [0.5, 0.6) is 5.75 Å². The molecule has 5 aromatic rings. The molecule has 0 bridgehead atoms. The third-order valence-electron chi connectivity index (χ3n) is 6.38. The Hall–Kier alpha value is -5.43. The summed E-state index contributed by atoms with van der Waals surface area (Å²) in [6, 6.07) is 36.6. The normalized spacial score (nSPS) is 10.5. The number of nitrogens with one attached hydrogen (secondary N) is 2. The lowest BCUT2D eigenvalue weighted by Crippen LogP contribution is -2.16. The van der Waals surface area contributed by atoms with Crippen LogP contribution < -0.4 is 15.4 Å². The van der Waals surface area contributed by atoms with E-state index in [1.165, 1.54) is 0 Å². The molecule has 204 valence electrons. The fourth-order valence-corrected chi connectivity index (χ4v) is 4.31. The highest BCUT2D eigenvalue weighted by Gasteiger charge is 2.15. The van der Waals surface area contributed by atoms with Gasteiger partial charge >= 0.3 is 12.1 Å². The van der Waals surface area contributed by atoms with Crippen molar-refractivity contribution in [2.75, 3.05) is 10.6 Å². The minimum Gasteiger partial charge on any atom is -0.457 e. The Kier molecular flexibility index (Phi) is 8.66. The van der Waals surface area contributed by atoms with E-state index in [-0.39, 0.29) is 18.9 Å². The maximum atomic E-state index is 12.8. The lowest BCUT2D eigenvalue weighted by atomic mass is 10.0. The second kappa shape index (κ2) is 13.1. The van der Waals surface area contributed by atoms with Crippen molar-refractivity contribution in [3.05, 3.63) is 138 Å². The van der Waals surface area contributed by atoms with E-state index in [0.29, 0.717) is 29.1 Å². The third-order valence-corrected chi connectivity index (χ3v) is 6.38. The fourth-order valence-electron chi connectivity index (χ4n) is 4.31. The van der Waals surface area contributed by atoms with Gasteiger partial charge in [-0.3, -0.25) is 10.1 Å². The van der Waals surface area contributed by atoms with E-state index in [2.05, 4.69) is 10.6 Å². The van der Waals surface area contributed by atoms with Crippen molar-refractivity contribution >= 4 is 40.1 Å². The first-order chi connectivity index (χ1) is 20.0. The molecule has 41 heavy (non-hydrogen) atoms. The number of hydrogen-bond acceptors (Lipinski definition) is 5. The number of anilines is 2. The SMILES string of the molecule is O=C(CCc1ccc2cc(NC(=O)Oc3ccccc3)ccc2c1)Nc1ccccc1C(=O)OCc1ccccc1. The lowest BCUT2D eigenvalue weighted by Gasteiger charge is -2.11. The number of carbonyl (C=O) groups is 3. The number of benzene rings is 5. The van der Waals surface area contributed by atoms with E-state index in [4.69, 9.17) is 9.47 Å². The summed E-state index contributed by atoms with van der Waals surface area (Å²) >= 11 is 0. The highest BCUT2D eigenvalue weighted by atomic mass is 16.6. The van der Waals surface area contributed by atoms with Crippen LogP contribution in [0.4, 0.5) is 16.2 Å². The maximum absolute atomic E-state index is 12.8. The van der Waals surface area contributed by atoms with E-state index in [1.54, 1.807) is 54.6 Å². The first kappa shape index (κ1) is 27.1. The zero-order valence-electron chi connectivity index (χ0n) is 22.2. The number of rotatable bonds is 9. The van der Waals surface area contributed by atoms with Gasteiger partial charge in [0.25, 0.3) is 0 Å². The van der Waals surface area contributed by atoms with Crippen molar-refractivity contribution in [1.29, 1.82) is 0 Å². The zero-order valence-corrected chi connectivity index (χ0v) is 22.2. The van der Waals surface area contributed by atoms with Gasteiger partial charge in [-0.1, -0.05) is 84.9 Å². The average Bonchev–Trinajstić information content (AvgIpc) is 3.00. The van der Waals surface area contributed by atoms with Gasteiger partial charge in [0.15, 0.2) is 0 Å². The van der Waals surface area contributed by atoms with Crippen LogP contribution in [0.1, 0.15) is 27.9 Å². The summed E-state index contributed by atoms with van der Waals surface area (Å²) in [6.45, 7) is 0.152. The van der Waals surface area contributed by atoms with E-state index >= 15 is 0 Å². The summed E-state index contributed by atoms with van der Waals surface area (Å²) in [5.74, 6) is -0.239. The second-order valence-electron chi connectivity index (χ2n) is 9.38. The van der Waals surface area contributed by atoms with Crippen molar-refractivity contribution in [2.45, 2.75) is 19.4 Å². The Balaban J connectivity index is 1.15. The van der Waals surface area contributed by atoms with E-state index < -0.39 is 12.1 Å². The molecule has 0 radical (unpaired) electrons. The first-order valence-corrected chi connectivity index (χ1v) is 13.2. The van der Waals surface area contributed by atoms with Crippen LogP contribution in [0.15, 0.2) is 121 Å². The van der Waals surface area contributed by atoms with Crippen LogP contribution in [-0.2, 0) is 22.6 Å². The molecular weight excluding hydrogens is 516 g/mol. The Morgan fingerprint density at radius 3 is 2.12 bits per heavy atom. The molecule has 0 aromatic heterocycles. The molecule has 0 aliphatic heterocycles. The first-order valence-electron chi connectivity index (χ1n) is 13.2. The van der Waals surface area contributed by atoms with Crippen LogP contribution in [0.2, 0.25) is 0 Å². The van der Waals surface area contributed by atoms with Gasteiger partial charge in [0.05, 0.1) is 11.3 Å². The minimum absolute atomic E-state index is 0.152. The number of carbonyl (C=O) groups excluding carboxylic acids is 3. The molecule has 2 amide bonds. The van der Waals surface area contributed by atoms with Gasteiger partial charge in [-0.05, 0) is 64.7 Å². The number of amides is 2. The number of para-hydroxylation sites is 2. The van der Waals surface area contributed by atoms with Gasteiger partial charge in [0.1, 0.15) is 12.4 Å². The molecule has 0 aliphatic rings. The molecule has 5 aromatic carbocycles. The van der Waals surface area contributed by atoms with Gasteiger partial charge in [-0.2, -0.15) is 0 Å². The van der Waals surface area contributed by atoms with Crippen LogP contribution in [-0.4, -0.2) is 18.0 Å². The quantitative estimate of drug-likeness (QED) is 0.189. The lowest BCUT2D eigenvalue weighted by molar-refractivity contribution is -0.116. The van der Waals surface area contributed by atoms with E-state index in [1.807, 2.05) is 66.7 Å². The van der Waals surface area contributed by atoms with E-state index in [9.17, 15) is 14.4 Å². The molecule has 0 unspecified atom stereocenters. The molecule has 7 nitrogen and oxygen atoms in total. The fraction of sp³-hybridized carbons (Fsp3) is 0.0882. The van der Waals surface area contributed by atoms with Crippen LogP contribution in [0.25, 0.3) is 10.8 Å². The summed E-state index contributed by atoms with van der Waals surface area (Å²) in [5, 5.41) is 7.52. The highest BCUT2D eigenvalue weighted by Crippen LogP contribution is 2.23. The Bertz CT molecular complexity index is 1670. The number of ether oxygens (including phenoxy) is 2. The predicted molar refractivity (Wildman–Crippen MR) is 159 cm³/mol. The Morgan fingerprint density at radius 2 is 1.32 bits per heavy atom. The average molecular weight is 545 g/mol.